The van der Waals surface area contributed by atoms with Crippen molar-refractivity contribution in [3.8, 4) is 0 Å². The van der Waals surface area contributed by atoms with E-state index in [9.17, 15) is 0 Å². The maximum absolute atomic E-state index is 6.59. The molecule has 4 saturated carbocycles. The van der Waals surface area contributed by atoms with E-state index in [0.29, 0.717) is 16.9 Å². The van der Waals surface area contributed by atoms with Crippen molar-refractivity contribution in [2.75, 3.05) is 18.1 Å². The Labute approximate surface area is 234 Å². The zero-order valence-corrected chi connectivity index (χ0v) is 25.3. The Morgan fingerprint density at radius 1 is 0.842 bits per heavy atom. The molecule has 0 aliphatic heterocycles. The Morgan fingerprint density at radius 2 is 1.55 bits per heavy atom. The van der Waals surface area contributed by atoms with Crippen molar-refractivity contribution in [1.82, 2.24) is 0 Å². The molecular formula is C35H58N2O. The van der Waals surface area contributed by atoms with Crippen LogP contribution in [-0.2, 0) is 11.2 Å². The fourth-order valence-electron chi connectivity index (χ4n) is 10.7. The summed E-state index contributed by atoms with van der Waals surface area (Å²) in [5.74, 6) is 6.44. The van der Waals surface area contributed by atoms with Gasteiger partial charge >= 0.3 is 0 Å². The van der Waals surface area contributed by atoms with Crippen LogP contribution >= 0.6 is 0 Å². The highest BCUT2D eigenvalue weighted by Crippen LogP contribution is 2.68. The number of nitrogens with two attached hydrogens (primary N) is 2. The Balaban J connectivity index is 1.21. The number of ether oxygens (including phenoxy) is 1. The molecule has 214 valence electrons. The molecule has 0 saturated heterocycles. The van der Waals surface area contributed by atoms with Gasteiger partial charge in [0.2, 0.25) is 0 Å². The number of rotatable bonds is 9. The highest BCUT2D eigenvalue weighted by Gasteiger charge is 2.60. The van der Waals surface area contributed by atoms with E-state index in [1.165, 1.54) is 82.6 Å². The molecule has 38 heavy (non-hydrogen) atoms. The highest BCUT2D eigenvalue weighted by atomic mass is 16.5. The second-order valence-electron chi connectivity index (χ2n) is 15.2. The Hall–Kier alpha value is -1.22. The summed E-state index contributed by atoms with van der Waals surface area (Å²) in [7, 11) is 0. The Bertz CT molecular complexity index is 924. The summed E-state index contributed by atoms with van der Waals surface area (Å²) in [6, 6.07) is 5.92. The number of hydrogen-bond donors (Lipinski definition) is 2. The van der Waals surface area contributed by atoms with Crippen LogP contribution in [0.5, 0.6) is 0 Å². The molecule has 2 unspecified atom stereocenters. The van der Waals surface area contributed by atoms with Crippen LogP contribution in [0.15, 0.2) is 18.2 Å². The second-order valence-corrected chi connectivity index (χ2v) is 15.2. The zero-order chi connectivity index (χ0) is 27.1. The quantitative estimate of drug-likeness (QED) is 0.318. The van der Waals surface area contributed by atoms with Gasteiger partial charge in [-0.15, -0.1) is 0 Å². The van der Waals surface area contributed by atoms with Gasteiger partial charge in [-0.1, -0.05) is 53.9 Å². The number of fused-ring (bicyclic) bond motifs is 5. The van der Waals surface area contributed by atoms with Crippen LogP contribution in [0.4, 0.5) is 11.4 Å². The predicted molar refractivity (Wildman–Crippen MR) is 162 cm³/mol. The molecule has 4 aliphatic rings. The van der Waals surface area contributed by atoms with Crippen molar-refractivity contribution in [3.05, 3.63) is 23.8 Å². The van der Waals surface area contributed by atoms with Gasteiger partial charge < -0.3 is 16.2 Å². The molecule has 0 spiro atoms. The van der Waals surface area contributed by atoms with Crippen molar-refractivity contribution in [2.24, 2.45) is 52.3 Å². The van der Waals surface area contributed by atoms with Crippen molar-refractivity contribution in [3.63, 3.8) is 0 Å². The normalized spacial score (nSPS) is 39.4. The molecule has 0 bridgehead atoms. The lowest BCUT2D eigenvalue weighted by atomic mass is 9.44. The van der Waals surface area contributed by atoms with Crippen LogP contribution in [0.2, 0.25) is 0 Å². The molecule has 4 N–H and O–H groups in total. The Kier molecular flexibility index (Phi) is 8.45. The highest BCUT2D eigenvalue weighted by molar-refractivity contribution is 5.54. The van der Waals surface area contributed by atoms with Gasteiger partial charge in [-0.2, -0.15) is 0 Å². The van der Waals surface area contributed by atoms with Gasteiger partial charge in [0.25, 0.3) is 0 Å². The third kappa shape index (κ3) is 5.52. The molecule has 1 aromatic rings. The fraction of sp³-hybridized carbons (Fsp3) is 0.829. The average Bonchev–Trinajstić information content (AvgIpc) is 3.20. The fourth-order valence-corrected chi connectivity index (χ4v) is 10.7. The maximum Gasteiger partial charge on any atom is 0.0580 e. The van der Waals surface area contributed by atoms with E-state index < -0.39 is 0 Å². The van der Waals surface area contributed by atoms with E-state index in [2.05, 4.69) is 34.6 Å². The first-order valence-corrected chi connectivity index (χ1v) is 16.4. The lowest BCUT2D eigenvalue weighted by Crippen LogP contribution is -2.54. The molecule has 5 rings (SSSR count). The van der Waals surface area contributed by atoms with E-state index >= 15 is 0 Å². The molecule has 0 aromatic heterocycles. The SMILES string of the molecule is CC(C)CCC[C@@H](C)[C@H]1CC[C@H]2[C@@H]3CCC4CCC(OCCc5cc(N)cc(N)c5)C[C@]4(C)[C@H]3CC[C@]12C. The van der Waals surface area contributed by atoms with Gasteiger partial charge in [-0.05, 0) is 140 Å². The van der Waals surface area contributed by atoms with E-state index in [0.717, 1.165) is 65.8 Å². The molecular weight excluding hydrogens is 464 g/mol. The van der Waals surface area contributed by atoms with Crippen LogP contribution in [0.25, 0.3) is 0 Å². The van der Waals surface area contributed by atoms with Gasteiger partial charge in [0.15, 0.2) is 0 Å². The van der Waals surface area contributed by atoms with Crippen molar-refractivity contribution < 1.29 is 4.74 Å². The second kappa shape index (κ2) is 11.3. The summed E-state index contributed by atoms with van der Waals surface area (Å²) < 4.78 is 6.59. The van der Waals surface area contributed by atoms with Crippen LogP contribution in [-0.4, -0.2) is 12.7 Å². The zero-order valence-electron chi connectivity index (χ0n) is 25.3. The van der Waals surface area contributed by atoms with Crippen LogP contribution < -0.4 is 11.5 Å². The first kappa shape index (κ1) is 28.3. The van der Waals surface area contributed by atoms with Crippen molar-refractivity contribution in [1.29, 1.82) is 0 Å². The standard InChI is InChI=1S/C35H58N2O/c1-23(2)7-6-8-24(3)31-13-14-32-30-12-10-26-9-11-29(22-35(26,5)33(30)15-17-34(31,32)4)38-18-16-25-19-27(36)21-28(37)20-25/h19-21,23-24,26,29-33H,6-18,22,36-37H2,1-5H3/t24-,26?,29?,30+,31-,32+,33+,34-,35+/m1/s1. The summed E-state index contributed by atoms with van der Waals surface area (Å²) in [5, 5.41) is 0. The van der Waals surface area contributed by atoms with Crippen LogP contribution in [0.3, 0.4) is 0 Å². The largest absolute Gasteiger partial charge is 0.399 e. The van der Waals surface area contributed by atoms with E-state index in [-0.39, 0.29) is 0 Å². The molecule has 4 fully saturated rings. The summed E-state index contributed by atoms with van der Waals surface area (Å²) in [5.41, 5.74) is 15.8. The van der Waals surface area contributed by atoms with Crippen LogP contribution in [0.1, 0.15) is 117 Å². The number of benzene rings is 1. The third-order valence-electron chi connectivity index (χ3n) is 12.6. The lowest BCUT2D eigenvalue weighted by molar-refractivity contribution is -0.141. The minimum absolute atomic E-state index is 0.416. The molecule has 3 heteroatoms. The maximum atomic E-state index is 6.59. The van der Waals surface area contributed by atoms with Crippen molar-refractivity contribution in [2.45, 2.75) is 124 Å². The average molecular weight is 523 g/mol. The summed E-state index contributed by atoms with van der Waals surface area (Å²) in [6.45, 7) is 13.6. The number of nitrogen functional groups attached to an aromatic ring is 2. The summed E-state index contributed by atoms with van der Waals surface area (Å²) in [6.07, 6.45) is 18.4. The summed E-state index contributed by atoms with van der Waals surface area (Å²) in [4.78, 5) is 0. The van der Waals surface area contributed by atoms with E-state index in [4.69, 9.17) is 16.2 Å². The predicted octanol–water partition coefficient (Wildman–Crippen LogP) is 8.90. The molecule has 4 aliphatic carbocycles. The lowest BCUT2D eigenvalue weighted by Gasteiger charge is -2.61. The van der Waals surface area contributed by atoms with E-state index in [1.807, 2.05) is 18.2 Å². The minimum atomic E-state index is 0.416. The topological polar surface area (TPSA) is 61.3 Å². The molecule has 0 amide bonds. The first-order chi connectivity index (χ1) is 18.1. The number of anilines is 2. The molecule has 0 heterocycles. The number of hydrogen-bond acceptors (Lipinski definition) is 3. The molecule has 3 nitrogen and oxygen atoms in total. The Morgan fingerprint density at radius 3 is 2.29 bits per heavy atom. The van der Waals surface area contributed by atoms with E-state index in [1.54, 1.807) is 0 Å². The van der Waals surface area contributed by atoms with Gasteiger partial charge in [0.1, 0.15) is 0 Å². The monoisotopic (exact) mass is 522 g/mol. The summed E-state index contributed by atoms with van der Waals surface area (Å²) >= 11 is 0. The molecule has 0 radical (unpaired) electrons. The van der Waals surface area contributed by atoms with Gasteiger partial charge in [0.05, 0.1) is 12.7 Å². The van der Waals surface area contributed by atoms with Gasteiger partial charge in [0, 0.05) is 11.4 Å². The third-order valence-corrected chi connectivity index (χ3v) is 12.6. The first-order valence-electron chi connectivity index (χ1n) is 16.4. The molecule has 1 aromatic carbocycles. The minimum Gasteiger partial charge on any atom is -0.399 e. The van der Waals surface area contributed by atoms with Gasteiger partial charge in [-0.25, -0.2) is 0 Å². The van der Waals surface area contributed by atoms with Gasteiger partial charge in [-0.3, -0.25) is 0 Å². The molecule has 9 atom stereocenters. The van der Waals surface area contributed by atoms with Crippen LogP contribution in [0, 0.1) is 52.3 Å². The smallest absolute Gasteiger partial charge is 0.0580 e. The van der Waals surface area contributed by atoms with Crippen molar-refractivity contribution >= 4 is 11.4 Å².